The van der Waals surface area contributed by atoms with Crippen LogP contribution in [0.1, 0.15) is 39.7 Å². The Morgan fingerprint density at radius 2 is 1.83 bits per heavy atom. The van der Waals surface area contributed by atoms with Crippen molar-refractivity contribution in [1.82, 2.24) is 24.6 Å². The highest BCUT2D eigenvalue weighted by molar-refractivity contribution is 5.98. The summed E-state index contributed by atoms with van der Waals surface area (Å²) in [4.78, 5) is 35.3. The number of nitrogens with one attached hydrogen (secondary N) is 1. The van der Waals surface area contributed by atoms with Crippen molar-refractivity contribution in [2.24, 2.45) is 5.92 Å². The third-order valence-corrected chi connectivity index (χ3v) is 7.58. The van der Waals surface area contributed by atoms with E-state index in [1.165, 1.54) is 12.4 Å². The van der Waals surface area contributed by atoms with Gasteiger partial charge in [-0.25, -0.2) is 19.4 Å². The van der Waals surface area contributed by atoms with E-state index < -0.39 is 11.7 Å². The zero-order valence-corrected chi connectivity index (χ0v) is 23.8. The number of anilines is 2. The van der Waals surface area contributed by atoms with Gasteiger partial charge in [0.05, 0.1) is 17.5 Å². The van der Waals surface area contributed by atoms with Crippen molar-refractivity contribution in [2.75, 3.05) is 17.6 Å². The molecule has 11 nitrogen and oxygen atoms in total. The Morgan fingerprint density at radius 1 is 1.07 bits per heavy atom. The number of aromatic nitrogens is 4. The second-order valence-electron chi connectivity index (χ2n) is 11.7. The Balaban J connectivity index is 1.25. The predicted octanol–water partition coefficient (Wildman–Crippen LogP) is 5.56. The SMILES string of the molecule is C=CC(=O)N1CC2CC1C(n1nc(-c3ccc(Oc4cccc(NC(=O)OC(C)(C)C)c4)cc3)c3c(N)ncnc31)C2. The molecule has 2 aliphatic rings. The fourth-order valence-electron chi connectivity index (χ4n) is 5.93. The Morgan fingerprint density at radius 3 is 2.55 bits per heavy atom. The summed E-state index contributed by atoms with van der Waals surface area (Å²) in [6.07, 6.45) is 4.14. The lowest BCUT2D eigenvalue weighted by Crippen LogP contribution is -2.42. The first-order valence-corrected chi connectivity index (χ1v) is 13.9. The number of nitrogens with zero attached hydrogens (tertiary/aromatic N) is 5. The molecule has 2 aromatic heterocycles. The molecule has 42 heavy (non-hydrogen) atoms. The van der Waals surface area contributed by atoms with Crippen molar-refractivity contribution in [2.45, 2.75) is 51.3 Å². The number of ether oxygens (including phenoxy) is 2. The number of hydrogen-bond donors (Lipinski definition) is 2. The number of nitrogen functional groups attached to an aromatic ring is 1. The number of piperidine rings is 1. The Labute approximate surface area is 243 Å². The summed E-state index contributed by atoms with van der Waals surface area (Å²) in [7, 11) is 0. The quantitative estimate of drug-likeness (QED) is 0.289. The number of carbonyl (C=O) groups excluding carboxylic acids is 2. The van der Waals surface area contributed by atoms with E-state index in [9.17, 15) is 9.59 Å². The van der Waals surface area contributed by atoms with Gasteiger partial charge < -0.3 is 20.1 Å². The van der Waals surface area contributed by atoms with Crippen molar-refractivity contribution in [3.8, 4) is 22.8 Å². The van der Waals surface area contributed by atoms with Gasteiger partial charge >= 0.3 is 6.09 Å². The number of rotatable bonds is 6. The number of hydrogen-bond acceptors (Lipinski definition) is 8. The first kappa shape index (κ1) is 27.3. The van der Waals surface area contributed by atoms with Gasteiger partial charge in [0.1, 0.15) is 34.9 Å². The van der Waals surface area contributed by atoms with Gasteiger partial charge in [-0.05, 0) is 82.0 Å². The molecule has 2 amide bonds. The minimum atomic E-state index is -0.598. The molecule has 4 aromatic rings. The number of nitrogens with two attached hydrogens (primary N) is 1. The number of carbonyl (C=O) groups is 2. The normalized spacial score (nSPS) is 19.6. The largest absolute Gasteiger partial charge is 0.457 e. The van der Waals surface area contributed by atoms with Gasteiger partial charge in [-0.15, -0.1) is 0 Å². The highest BCUT2D eigenvalue weighted by atomic mass is 16.6. The molecule has 3 atom stereocenters. The van der Waals surface area contributed by atoms with E-state index in [2.05, 4.69) is 21.9 Å². The molecule has 1 aliphatic carbocycles. The molecule has 2 fully saturated rings. The summed E-state index contributed by atoms with van der Waals surface area (Å²) in [5.41, 5.74) is 8.45. The first-order chi connectivity index (χ1) is 20.1. The van der Waals surface area contributed by atoms with Crippen LogP contribution in [-0.2, 0) is 9.53 Å². The van der Waals surface area contributed by atoms with Gasteiger partial charge in [-0.1, -0.05) is 12.6 Å². The Hall–Kier alpha value is -4.93. The van der Waals surface area contributed by atoms with Crippen LogP contribution < -0.4 is 15.8 Å². The molecule has 1 aliphatic heterocycles. The van der Waals surface area contributed by atoms with Crippen LogP contribution in [0.15, 0.2) is 67.5 Å². The number of likely N-dealkylation sites (tertiary alicyclic amines) is 1. The minimum absolute atomic E-state index is 0.0117. The molecular weight excluding hydrogens is 534 g/mol. The van der Waals surface area contributed by atoms with Gasteiger partial charge in [0, 0.05) is 23.9 Å². The van der Waals surface area contributed by atoms with E-state index >= 15 is 0 Å². The Bertz CT molecular complexity index is 1680. The van der Waals surface area contributed by atoms with Crippen LogP contribution in [-0.4, -0.2) is 54.8 Å². The lowest BCUT2D eigenvalue weighted by atomic mass is 10.1. The van der Waals surface area contributed by atoms with Crippen LogP contribution in [0.25, 0.3) is 22.3 Å². The van der Waals surface area contributed by atoms with Gasteiger partial charge in [0.25, 0.3) is 0 Å². The molecule has 1 saturated heterocycles. The lowest BCUT2D eigenvalue weighted by Gasteiger charge is -2.32. The van der Waals surface area contributed by atoms with E-state index in [1.807, 2.05) is 54.6 Å². The molecule has 0 radical (unpaired) electrons. The van der Waals surface area contributed by atoms with Gasteiger partial charge in [-0.3, -0.25) is 10.1 Å². The van der Waals surface area contributed by atoms with Crippen LogP contribution in [0.5, 0.6) is 11.5 Å². The third-order valence-electron chi connectivity index (χ3n) is 7.58. The molecule has 1 saturated carbocycles. The molecule has 0 spiro atoms. The molecule has 216 valence electrons. The maximum absolute atomic E-state index is 12.5. The topological polar surface area (TPSA) is 137 Å². The standard InChI is InChI=1S/C31H33N7O4/c1-5-25(39)37-16-18-13-23(37)24(14-18)38-29-26(28(32)33-17-34-29)27(36-38)19-9-11-21(12-10-19)41-22-8-6-7-20(15-22)35-30(40)42-31(2,3)4/h5-12,15,17-18,23-24H,1,13-14,16H2,2-4H3,(H,35,40)(H2,32,33,34). The van der Waals surface area contributed by atoms with E-state index in [0.717, 1.165) is 24.9 Å². The van der Waals surface area contributed by atoms with Crippen molar-refractivity contribution in [3.63, 3.8) is 0 Å². The zero-order valence-electron chi connectivity index (χ0n) is 23.8. The highest BCUT2D eigenvalue weighted by Gasteiger charge is 2.48. The lowest BCUT2D eigenvalue weighted by molar-refractivity contribution is -0.128. The smallest absolute Gasteiger partial charge is 0.412 e. The number of benzene rings is 2. The second-order valence-corrected chi connectivity index (χ2v) is 11.7. The summed E-state index contributed by atoms with van der Waals surface area (Å²) >= 11 is 0. The first-order valence-electron chi connectivity index (χ1n) is 13.9. The Kier molecular flexibility index (Phi) is 6.80. The summed E-state index contributed by atoms with van der Waals surface area (Å²) in [6.45, 7) is 9.84. The average Bonchev–Trinajstić information content (AvgIpc) is 3.66. The maximum atomic E-state index is 12.5. The van der Waals surface area contributed by atoms with Crippen LogP contribution in [0.2, 0.25) is 0 Å². The van der Waals surface area contributed by atoms with Crippen molar-refractivity contribution < 1.29 is 19.1 Å². The third kappa shape index (κ3) is 5.25. The summed E-state index contributed by atoms with van der Waals surface area (Å²) in [5.74, 6) is 1.87. The molecule has 3 heterocycles. The van der Waals surface area contributed by atoms with Crippen molar-refractivity contribution in [3.05, 3.63) is 67.5 Å². The van der Waals surface area contributed by atoms with Crippen LogP contribution in [0.4, 0.5) is 16.3 Å². The summed E-state index contributed by atoms with van der Waals surface area (Å²) < 4.78 is 13.3. The van der Waals surface area contributed by atoms with Crippen LogP contribution >= 0.6 is 0 Å². The number of amides is 2. The molecule has 3 unspecified atom stereocenters. The van der Waals surface area contributed by atoms with Gasteiger partial charge in [-0.2, -0.15) is 5.10 Å². The fraction of sp³-hybridized carbons (Fsp3) is 0.323. The molecule has 2 aromatic carbocycles. The predicted molar refractivity (Wildman–Crippen MR) is 159 cm³/mol. The van der Waals surface area contributed by atoms with E-state index in [0.29, 0.717) is 45.6 Å². The minimum Gasteiger partial charge on any atom is -0.457 e. The van der Waals surface area contributed by atoms with E-state index in [-0.39, 0.29) is 18.0 Å². The van der Waals surface area contributed by atoms with Crippen LogP contribution in [0, 0.1) is 5.92 Å². The maximum Gasteiger partial charge on any atom is 0.412 e. The summed E-state index contributed by atoms with van der Waals surface area (Å²) in [6, 6.07) is 14.6. The second kappa shape index (κ2) is 10.5. The molecule has 2 bridgehead atoms. The van der Waals surface area contributed by atoms with Crippen molar-refractivity contribution >= 4 is 34.5 Å². The van der Waals surface area contributed by atoms with E-state index in [1.54, 1.807) is 24.3 Å². The molecule has 11 heteroatoms. The molecule has 6 rings (SSSR count). The molecular formula is C31H33N7O4. The van der Waals surface area contributed by atoms with Gasteiger partial charge in [0.2, 0.25) is 5.91 Å². The van der Waals surface area contributed by atoms with E-state index in [4.69, 9.17) is 20.3 Å². The van der Waals surface area contributed by atoms with Crippen molar-refractivity contribution in [1.29, 1.82) is 0 Å². The highest BCUT2D eigenvalue weighted by Crippen LogP contribution is 2.46. The average molecular weight is 568 g/mol. The van der Waals surface area contributed by atoms with Crippen LogP contribution in [0.3, 0.4) is 0 Å². The zero-order chi connectivity index (χ0) is 29.6. The summed E-state index contributed by atoms with van der Waals surface area (Å²) in [5, 5.41) is 8.40. The number of fused-ring (bicyclic) bond motifs is 3. The monoisotopic (exact) mass is 567 g/mol. The fourth-order valence-corrected chi connectivity index (χ4v) is 5.93. The van der Waals surface area contributed by atoms with Gasteiger partial charge in [0.15, 0.2) is 5.65 Å². The molecule has 3 N–H and O–H groups in total.